The van der Waals surface area contributed by atoms with E-state index in [0.29, 0.717) is 6.04 Å². The molecule has 2 amide bonds. The zero-order valence-electron chi connectivity index (χ0n) is 12.8. The number of anilines is 1. The molecule has 1 saturated heterocycles. The quantitative estimate of drug-likeness (QED) is 0.847. The predicted octanol–water partition coefficient (Wildman–Crippen LogP) is 2.86. The molecule has 0 aromatic carbocycles. The van der Waals surface area contributed by atoms with Crippen LogP contribution in [0.15, 0.2) is 24.5 Å². The van der Waals surface area contributed by atoms with Gasteiger partial charge < -0.3 is 10.6 Å². The number of carbonyl (C=O) groups excluding carboxylic acids is 1. The zero-order valence-corrected chi connectivity index (χ0v) is 12.8. The molecule has 1 aliphatic rings. The van der Waals surface area contributed by atoms with Crippen LogP contribution in [0.4, 0.5) is 10.5 Å². The van der Waals surface area contributed by atoms with Crippen LogP contribution in [0.25, 0.3) is 0 Å². The van der Waals surface area contributed by atoms with Crippen LogP contribution >= 0.6 is 0 Å². The van der Waals surface area contributed by atoms with E-state index < -0.39 is 0 Å². The van der Waals surface area contributed by atoms with Crippen molar-refractivity contribution in [1.82, 2.24) is 15.2 Å². The number of hydrogen-bond acceptors (Lipinski definition) is 3. The number of pyridine rings is 1. The maximum atomic E-state index is 11.9. The summed E-state index contributed by atoms with van der Waals surface area (Å²) in [5, 5.41) is 5.80. The first-order chi connectivity index (χ1) is 10.3. The molecule has 116 valence electrons. The van der Waals surface area contributed by atoms with Crippen molar-refractivity contribution < 1.29 is 4.79 Å². The monoisotopic (exact) mass is 290 g/mol. The molecule has 0 saturated carbocycles. The molecule has 5 nitrogen and oxygen atoms in total. The maximum absolute atomic E-state index is 11.9. The van der Waals surface area contributed by atoms with Crippen molar-refractivity contribution in [3.05, 3.63) is 24.5 Å². The molecular weight excluding hydrogens is 264 g/mol. The maximum Gasteiger partial charge on any atom is 0.319 e. The zero-order chi connectivity index (χ0) is 14.9. The minimum Gasteiger partial charge on any atom is -0.336 e. The van der Waals surface area contributed by atoms with Crippen LogP contribution in [0.5, 0.6) is 0 Å². The number of nitrogens with one attached hydrogen (secondary N) is 2. The van der Waals surface area contributed by atoms with Crippen molar-refractivity contribution in [1.29, 1.82) is 0 Å². The Kier molecular flexibility index (Phi) is 6.47. The first-order valence-electron chi connectivity index (χ1n) is 7.98. The molecule has 2 heterocycles. The van der Waals surface area contributed by atoms with Crippen molar-refractivity contribution >= 4 is 11.7 Å². The lowest BCUT2D eigenvalue weighted by atomic mass is 10.0. The first kappa shape index (κ1) is 15.8. The van der Waals surface area contributed by atoms with E-state index in [-0.39, 0.29) is 6.03 Å². The van der Waals surface area contributed by atoms with E-state index in [9.17, 15) is 4.79 Å². The van der Waals surface area contributed by atoms with Gasteiger partial charge in [-0.05, 0) is 44.5 Å². The first-order valence-corrected chi connectivity index (χ1v) is 7.98. The average Bonchev–Trinajstić information content (AvgIpc) is 2.52. The summed E-state index contributed by atoms with van der Waals surface area (Å²) >= 11 is 0. The topological polar surface area (TPSA) is 57.3 Å². The van der Waals surface area contributed by atoms with Crippen LogP contribution in [-0.4, -0.2) is 41.6 Å². The number of piperidine rings is 1. The molecule has 1 unspecified atom stereocenters. The van der Waals surface area contributed by atoms with Crippen LogP contribution in [0.1, 0.15) is 39.0 Å². The predicted molar refractivity (Wildman–Crippen MR) is 85.4 cm³/mol. The molecule has 0 aliphatic carbocycles. The lowest BCUT2D eigenvalue weighted by Gasteiger charge is -2.35. The van der Waals surface area contributed by atoms with Gasteiger partial charge in [-0.2, -0.15) is 0 Å². The molecule has 21 heavy (non-hydrogen) atoms. The molecule has 1 aliphatic heterocycles. The lowest BCUT2D eigenvalue weighted by molar-refractivity contribution is 0.145. The molecule has 0 bridgehead atoms. The van der Waals surface area contributed by atoms with Crippen LogP contribution < -0.4 is 10.6 Å². The van der Waals surface area contributed by atoms with Gasteiger partial charge in [-0.25, -0.2) is 4.79 Å². The number of rotatable bonds is 6. The van der Waals surface area contributed by atoms with E-state index in [2.05, 4.69) is 27.4 Å². The molecule has 1 atom stereocenters. The highest BCUT2D eigenvalue weighted by Gasteiger charge is 2.22. The summed E-state index contributed by atoms with van der Waals surface area (Å²) in [4.78, 5) is 18.4. The fourth-order valence-electron chi connectivity index (χ4n) is 2.77. The van der Waals surface area contributed by atoms with E-state index in [1.807, 2.05) is 12.1 Å². The Hall–Kier alpha value is -1.62. The van der Waals surface area contributed by atoms with Crippen LogP contribution in [0, 0.1) is 0 Å². The van der Waals surface area contributed by atoms with E-state index in [4.69, 9.17) is 0 Å². The lowest BCUT2D eigenvalue weighted by Crippen LogP contribution is -2.47. The Morgan fingerprint density at radius 3 is 3.14 bits per heavy atom. The summed E-state index contributed by atoms with van der Waals surface area (Å²) in [6, 6.07) is 3.97. The molecule has 2 N–H and O–H groups in total. The second-order valence-corrected chi connectivity index (χ2v) is 5.62. The summed E-state index contributed by atoms with van der Waals surface area (Å²) in [5.41, 5.74) is 0.724. The number of unbranched alkanes of at least 4 members (excludes halogenated alkanes) is 1. The number of carbonyl (C=O) groups is 1. The normalized spacial score (nSPS) is 19.2. The third-order valence-electron chi connectivity index (χ3n) is 3.97. The van der Waals surface area contributed by atoms with Crippen molar-refractivity contribution in [3.8, 4) is 0 Å². The largest absolute Gasteiger partial charge is 0.336 e. The van der Waals surface area contributed by atoms with Crippen LogP contribution in [0.2, 0.25) is 0 Å². The van der Waals surface area contributed by atoms with Crippen LogP contribution in [0.3, 0.4) is 0 Å². The van der Waals surface area contributed by atoms with Gasteiger partial charge in [-0.1, -0.05) is 19.8 Å². The minimum atomic E-state index is -0.149. The van der Waals surface area contributed by atoms with Gasteiger partial charge >= 0.3 is 6.03 Å². The molecule has 1 fully saturated rings. The SMILES string of the molecule is CCCCN1CCCCC1CNC(=O)Nc1cccnc1. The number of amides is 2. The van der Waals surface area contributed by atoms with Crippen molar-refractivity contribution in [2.24, 2.45) is 0 Å². The number of aromatic nitrogens is 1. The second kappa shape index (κ2) is 8.62. The van der Waals surface area contributed by atoms with Gasteiger partial charge in [0.25, 0.3) is 0 Å². The molecule has 2 rings (SSSR count). The summed E-state index contributed by atoms with van der Waals surface area (Å²) in [5.74, 6) is 0. The number of urea groups is 1. The Balaban J connectivity index is 1.76. The number of hydrogen-bond donors (Lipinski definition) is 2. The Morgan fingerprint density at radius 1 is 1.48 bits per heavy atom. The highest BCUT2D eigenvalue weighted by atomic mass is 16.2. The Bertz CT molecular complexity index is 424. The Morgan fingerprint density at radius 2 is 2.38 bits per heavy atom. The standard InChI is InChI=1S/C16H26N4O/c1-2-3-10-20-11-5-4-8-15(20)13-18-16(21)19-14-7-6-9-17-12-14/h6-7,9,12,15H,2-5,8,10-11,13H2,1H3,(H2,18,19,21). The third kappa shape index (κ3) is 5.34. The minimum absolute atomic E-state index is 0.149. The molecule has 0 spiro atoms. The van der Waals surface area contributed by atoms with E-state index in [0.717, 1.165) is 25.3 Å². The van der Waals surface area contributed by atoms with Gasteiger partial charge in [0.15, 0.2) is 0 Å². The van der Waals surface area contributed by atoms with E-state index in [1.165, 1.54) is 32.1 Å². The van der Waals surface area contributed by atoms with E-state index in [1.54, 1.807) is 12.4 Å². The van der Waals surface area contributed by atoms with Gasteiger partial charge in [-0.15, -0.1) is 0 Å². The highest BCUT2D eigenvalue weighted by Crippen LogP contribution is 2.17. The molecule has 1 aromatic heterocycles. The van der Waals surface area contributed by atoms with Gasteiger partial charge in [0.2, 0.25) is 0 Å². The third-order valence-corrected chi connectivity index (χ3v) is 3.97. The smallest absolute Gasteiger partial charge is 0.319 e. The molecule has 0 radical (unpaired) electrons. The van der Waals surface area contributed by atoms with Gasteiger partial charge in [0.05, 0.1) is 11.9 Å². The molecular formula is C16H26N4O. The van der Waals surface area contributed by atoms with Crippen molar-refractivity contribution in [2.45, 2.75) is 45.1 Å². The van der Waals surface area contributed by atoms with Crippen molar-refractivity contribution in [3.63, 3.8) is 0 Å². The molecule has 5 heteroatoms. The number of likely N-dealkylation sites (tertiary alicyclic amines) is 1. The second-order valence-electron chi connectivity index (χ2n) is 5.62. The van der Waals surface area contributed by atoms with Crippen LogP contribution in [-0.2, 0) is 0 Å². The fourth-order valence-corrected chi connectivity index (χ4v) is 2.77. The van der Waals surface area contributed by atoms with Gasteiger partial charge in [0, 0.05) is 18.8 Å². The van der Waals surface area contributed by atoms with E-state index >= 15 is 0 Å². The van der Waals surface area contributed by atoms with Crippen molar-refractivity contribution in [2.75, 3.05) is 25.0 Å². The van der Waals surface area contributed by atoms with Gasteiger partial charge in [-0.3, -0.25) is 9.88 Å². The molecule has 1 aromatic rings. The summed E-state index contributed by atoms with van der Waals surface area (Å²) in [6.45, 7) is 5.25. The average molecular weight is 290 g/mol. The Labute approximate surface area is 127 Å². The fraction of sp³-hybridized carbons (Fsp3) is 0.625. The number of nitrogens with zero attached hydrogens (tertiary/aromatic N) is 2. The highest BCUT2D eigenvalue weighted by molar-refractivity contribution is 5.88. The summed E-state index contributed by atoms with van der Waals surface area (Å²) in [7, 11) is 0. The van der Waals surface area contributed by atoms with Gasteiger partial charge in [0.1, 0.15) is 0 Å². The summed E-state index contributed by atoms with van der Waals surface area (Å²) in [6.07, 6.45) is 9.51. The summed E-state index contributed by atoms with van der Waals surface area (Å²) < 4.78 is 0.